The maximum Gasteiger partial charge on any atom is 0.270 e. The molecule has 61 heavy (non-hydrogen) atoms. The molecule has 4 aromatic rings. The van der Waals surface area contributed by atoms with Gasteiger partial charge in [0.05, 0.1) is 29.2 Å². The lowest BCUT2D eigenvalue weighted by Crippen LogP contribution is -2.55. The van der Waals surface area contributed by atoms with E-state index in [0.717, 1.165) is 76.1 Å². The van der Waals surface area contributed by atoms with Crippen LogP contribution in [-0.4, -0.2) is 117 Å². The number of aromatic nitrogens is 4. The third kappa shape index (κ3) is 10.7. The number of amides is 2. The Hall–Kier alpha value is -5.81. The first-order valence-electron chi connectivity index (χ1n) is 21.1. The molecule has 3 fully saturated rings. The Kier molecular flexibility index (Phi) is 13.7. The number of anilines is 5. The quantitative estimate of drug-likeness (QED) is 0.0632. The monoisotopic (exact) mass is 831 g/mol. The molecular weight excluding hydrogens is 775 g/mol. The van der Waals surface area contributed by atoms with E-state index in [9.17, 15) is 24.6 Å². The van der Waals surface area contributed by atoms with Crippen molar-refractivity contribution in [2.75, 3.05) is 61.5 Å². The third-order valence-corrected chi connectivity index (χ3v) is 11.8. The van der Waals surface area contributed by atoms with Crippen molar-refractivity contribution in [3.8, 4) is 0 Å². The van der Waals surface area contributed by atoms with Gasteiger partial charge in [-0.2, -0.15) is 4.98 Å². The van der Waals surface area contributed by atoms with Crippen LogP contribution in [-0.2, 0) is 10.4 Å². The maximum atomic E-state index is 12.7. The molecule has 2 unspecified atom stereocenters. The van der Waals surface area contributed by atoms with Gasteiger partial charge in [-0.15, -0.1) is 6.58 Å². The summed E-state index contributed by atoms with van der Waals surface area (Å²) in [6.45, 7) is 12.8. The summed E-state index contributed by atoms with van der Waals surface area (Å²) in [4.78, 5) is 59.7. The number of nitrogens with one attached hydrogen (secondary N) is 3. The lowest BCUT2D eigenvalue weighted by molar-refractivity contribution is -0.127. The van der Waals surface area contributed by atoms with E-state index in [2.05, 4.69) is 54.4 Å². The highest BCUT2D eigenvalue weighted by molar-refractivity contribution is 5.93. The number of carbonyl (C=O) groups excluding carboxylic acids is 3. The average Bonchev–Trinajstić information content (AvgIpc) is 3.26. The zero-order chi connectivity index (χ0) is 43.1. The van der Waals surface area contributed by atoms with E-state index in [-0.39, 0.29) is 29.5 Å². The summed E-state index contributed by atoms with van der Waals surface area (Å²) in [6.07, 6.45) is 9.65. The van der Waals surface area contributed by atoms with Crippen LogP contribution >= 0.6 is 0 Å². The summed E-state index contributed by atoms with van der Waals surface area (Å²) < 4.78 is 0. The maximum absolute atomic E-state index is 12.7. The normalized spacial score (nSPS) is 19.3. The van der Waals surface area contributed by atoms with Gasteiger partial charge in [0, 0.05) is 51.5 Å². The number of piperidine rings is 3. The molecule has 1 aromatic carbocycles. The van der Waals surface area contributed by atoms with Crippen molar-refractivity contribution >= 4 is 47.1 Å². The van der Waals surface area contributed by atoms with Crippen molar-refractivity contribution in [3.63, 3.8) is 0 Å². The molecular formula is C45H57N11O5. The highest BCUT2D eigenvalue weighted by atomic mass is 16.3. The number of likely N-dealkylation sites (tertiary alicyclic amines) is 1. The van der Waals surface area contributed by atoms with Crippen LogP contribution in [0.2, 0.25) is 0 Å². The molecule has 2 atom stereocenters. The van der Waals surface area contributed by atoms with Crippen LogP contribution in [0.5, 0.6) is 0 Å². The van der Waals surface area contributed by atoms with Gasteiger partial charge in [0.25, 0.3) is 5.91 Å². The number of hydrogen-bond donors (Lipinski definition) is 5. The molecule has 6 heterocycles. The molecule has 2 amide bonds. The molecule has 3 aromatic heterocycles. The summed E-state index contributed by atoms with van der Waals surface area (Å²) >= 11 is 0. The van der Waals surface area contributed by atoms with Gasteiger partial charge in [-0.25, -0.2) is 25.0 Å². The molecule has 16 nitrogen and oxygen atoms in total. The van der Waals surface area contributed by atoms with E-state index in [1.165, 1.54) is 11.8 Å². The third-order valence-electron chi connectivity index (χ3n) is 11.8. The van der Waals surface area contributed by atoms with E-state index >= 15 is 0 Å². The Morgan fingerprint density at radius 3 is 2.39 bits per heavy atom. The number of rotatable bonds is 15. The number of carbonyl (C=O) groups is 3. The summed E-state index contributed by atoms with van der Waals surface area (Å²) in [5.74, 6) is 1.67. The lowest BCUT2D eigenvalue weighted by Gasteiger charge is -2.38. The number of likely N-dealkylation sites (N-methyl/N-ethyl adjacent to an activating group) is 1. The fraction of sp³-hybridized carbons (Fsp3) is 0.444. The fourth-order valence-corrected chi connectivity index (χ4v) is 8.33. The van der Waals surface area contributed by atoms with Gasteiger partial charge in [0.2, 0.25) is 11.9 Å². The highest BCUT2D eigenvalue weighted by Crippen LogP contribution is 2.33. The Morgan fingerprint density at radius 2 is 1.74 bits per heavy atom. The van der Waals surface area contributed by atoms with Crippen LogP contribution in [0, 0.1) is 5.92 Å². The summed E-state index contributed by atoms with van der Waals surface area (Å²) in [5.41, 5.74) is 3.01. The van der Waals surface area contributed by atoms with E-state index in [4.69, 9.17) is 9.97 Å². The van der Waals surface area contributed by atoms with Gasteiger partial charge >= 0.3 is 0 Å². The first kappa shape index (κ1) is 43.3. The number of benzene rings is 1. The number of hydrazine groups is 1. The fourth-order valence-electron chi connectivity index (χ4n) is 8.33. The smallest absolute Gasteiger partial charge is 0.270 e. The molecule has 0 spiro atoms. The summed E-state index contributed by atoms with van der Waals surface area (Å²) in [6, 6.07) is 16.9. The van der Waals surface area contributed by atoms with Gasteiger partial charge < -0.3 is 36.0 Å². The molecule has 3 aliphatic rings. The molecule has 16 heteroatoms. The predicted molar refractivity (Wildman–Crippen MR) is 234 cm³/mol. The molecule has 0 bridgehead atoms. The standard InChI is InChI=1S/C45H57N11O5/c1-5-21-53(4)56(39-8-6-7-38(50-39)45(2,3)61)41-33(29-57)26-47-44(52-41)48-34-11-9-31(10-12-34)32-19-22-54(23-20-32)28-30-17-24-55(25-18-30)35-13-14-36(46-27-35)42(59)49-37-15-16-40(58)51-43(37)60/h5-14,26-27,29-30,32,37,43,60-61H,1,15-25,28H2,2-4H3,(H,49,59)(H,51,58)(H,47,48,52). The van der Waals surface area contributed by atoms with Crippen LogP contribution < -0.4 is 25.9 Å². The lowest BCUT2D eigenvalue weighted by atomic mass is 9.88. The van der Waals surface area contributed by atoms with Crippen LogP contribution in [0.1, 0.15) is 90.4 Å². The average molecular weight is 832 g/mol. The Morgan fingerprint density at radius 1 is 0.984 bits per heavy atom. The Balaban J connectivity index is 0.891. The Labute approximate surface area is 357 Å². The molecule has 0 radical (unpaired) electrons. The van der Waals surface area contributed by atoms with Crippen molar-refractivity contribution in [2.45, 2.75) is 76.2 Å². The van der Waals surface area contributed by atoms with Gasteiger partial charge in [-0.05, 0) is 113 Å². The zero-order valence-corrected chi connectivity index (χ0v) is 35.2. The van der Waals surface area contributed by atoms with E-state index < -0.39 is 17.9 Å². The summed E-state index contributed by atoms with van der Waals surface area (Å²) in [5, 5.41) is 32.8. The van der Waals surface area contributed by atoms with Crippen LogP contribution in [0.3, 0.4) is 0 Å². The largest absolute Gasteiger partial charge is 0.384 e. The van der Waals surface area contributed by atoms with Crippen LogP contribution in [0.4, 0.5) is 29.0 Å². The van der Waals surface area contributed by atoms with Gasteiger partial charge in [-0.1, -0.05) is 24.3 Å². The minimum absolute atomic E-state index is 0.223. The van der Waals surface area contributed by atoms with Crippen molar-refractivity contribution in [3.05, 3.63) is 102 Å². The van der Waals surface area contributed by atoms with E-state index in [1.807, 2.05) is 36.3 Å². The molecule has 0 aliphatic carbocycles. The zero-order valence-electron chi connectivity index (χ0n) is 35.2. The Bertz CT molecular complexity index is 2150. The SMILES string of the molecule is C=CCN(C)N(c1cccc(C(C)(C)O)n1)c1nc(Nc2ccc(C3CCN(CC4CCN(c5ccc(C(=O)NC6CCC(=O)NC6O)nc5)CC4)CC3)cc2)ncc1C=O. The second-order valence-corrected chi connectivity index (χ2v) is 16.8. The molecule has 322 valence electrons. The molecule has 3 aliphatic heterocycles. The van der Waals surface area contributed by atoms with E-state index in [0.29, 0.717) is 48.1 Å². The van der Waals surface area contributed by atoms with E-state index in [1.54, 1.807) is 49.3 Å². The summed E-state index contributed by atoms with van der Waals surface area (Å²) in [7, 11) is 1.85. The van der Waals surface area contributed by atoms with Crippen molar-refractivity contribution in [1.29, 1.82) is 0 Å². The first-order valence-corrected chi connectivity index (χ1v) is 21.1. The predicted octanol–water partition coefficient (Wildman–Crippen LogP) is 4.64. The molecule has 3 saturated heterocycles. The number of aliphatic hydroxyl groups is 2. The van der Waals surface area contributed by atoms with Crippen molar-refractivity contribution in [2.24, 2.45) is 5.92 Å². The van der Waals surface area contributed by atoms with Crippen LogP contribution in [0.15, 0.2) is 79.6 Å². The second kappa shape index (κ2) is 19.3. The van der Waals surface area contributed by atoms with Crippen molar-refractivity contribution < 1.29 is 24.6 Å². The van der Waals surface area contributed by atoms with Gasteiger partial charge in [0.15, 0.2) is 12.1 Å². The topological polar surface area (TPSA) is 192 Å². The van der Waals surface area contributed by atoms with Crippen molar-refractivity contribution in [1.82, 2.24) is 40.5 Å². The van der Waals surface area contributed by atoms with Gasteiger partial charge in [-0.3, -0.25) is 14.4 Å². The number of hydrogen-bond acceptors (Lipinski definition) is 14. The number of aliphatic hydroxyl groups excluding tert-OH is 1. The second-order valence-electron chi connectivity index (χ2n) is 16.8. The first-order chi connectivity index (χ1) is 29.4. The van der Waals surface area contributed by atoms with Gasteiger partial charge in [0.1, 0.15) is 23.3 Å². The number of nitrogens with zero attached hydrogens (tertiary/aromatic N) is 8. The molecule has 0 saturated carbocycles. The number of pyridine rings is 2. The highest BCUT2D eigenvalue weighted by Gasteiger charge is 2.30. The molecule has 7 rings (SSSR count). The number of aldehydes is 1. The minimum Gasteiger partial charge on any atom is -0.384 e. The molecule has 5 N–H and O–H groups in total. The minimum atomic E-state index is -1.17. The van der Waals surface area contributed by atoms with Crippen LogP contribution in [0.25, 0.3) is 0 Å².